The molecule has 0 radical (unpaired) electrons. The van der Waals surface area contributed by atoms with E-state index >= 15 is 0 Å². The monoisotopic (exact) mass is 180 g/mol. The maximum absolute atomic E-state index is 10.4. The summed E-state index contributed by atoms with van der Waals surface area (Å²) >= 11 is 0. The zero-order chi connectivity index (χ0) is 9.42. The van der Waals surface area contributed by atoms with E-state index in [1.807, 2.05) is 13.1 Å². The van der Waals surface area contributed by atoms with Crippen molar-refractivity contribution in [3.8, 4) is 0 Å². The van der Waals surface area contributed by atoms with E-state index in [4.69, 9.17) is 5.11 Å². The van der Waals surface area contributed by atoms with Crippen molar-refractivity contribution in [2.24, 2.45) is 0 Å². The first kappa shape index (κ1) is 8.31. The van der Waals surface area contributed by atoms with Crippen LogP contribution in [0.15, 0.2) is 6.07 Å². The molecule has 0 bridgehead atoms. The van der Waals surface area contributed by atoms with Gasteiger partial charge in [-0.3, -0.25) is 9.69 Å². The first-order valence-electron chi connectivity index (χ1n) is 4.25. The summed E-state index contributed by atoms with van der Waals surface area (Å²) in [6, 6.07) is 1.95. The van der Waals surface area contributed by atoms with Crippen molar-refractivity contribution < 1.29 is 9.90 Å². The molecule has 2 heterocycles. The lowest BCUT2D eigenvalue weighted by Gasteiger charge is -2.04. The fraction of sp³-hybridized carbons (Fsp3) is 0.444. The molecule has 4 heteroatoms. The zero-order valence-electron chi connectivity index (χ0n) is 7.50. The predicted molar refractivity (Wildman–Crippen MR) is 47.3 cm³/mol. The number of hydrogen-bond acceptors (Lipinski definition) is 2. The molecular formula is C9H12N2O2. The van der Waals surface area contributed by atoms with E-state index in [9.17, 15) is 4.79 Å². The summed E-state index contributed by atoms with van der Waals surface area (Å²) in [5.41, 5.74) is 3.21. The van der Waals surface area contributed by atoms with Crippen LogP contribution in [0, 0.1) is 0 Å². The number of aliphatic carboxylic acids is 1. The molecule has 0 fully saturated rings. The molecule has 0 amide bonds. The molecule has 1 aromatic heterocycles. The number of rotatable bonds is 2. The Labute approximate surface area is 76.2 Å². The maximum atomic E-state index is 10.4. The van der Waals surface area contributed by atoms with Gasteiger partial charge in [0.25, 0.3) is 0 Å². The largest absolute Gasteiger partial charge is 0.481 e. The fourth-order valence-corrected chi connectivity index (χ4v) is 1.76. The number of nitrogens with zero attached hydrogens (tertiary/aromatic N) is 1. The van der Waals surface area contributed by atoms with E-state index in [1.165, 1.54) is 11.3 Å². The van der Waals surface area contributed by atoms with E-state index in [2.05, 4.69) is 9.88 Å². The lowest BCUT2D eigenvalue weighted by atomic mass is 10.2. The zero-order valence-corrected chi connectivity index (χ0v) is 7.50. The number of nitrogens with one attached hydrogen (secondary N) is 1. The first-order chi connectivity index (χ1) is 6.15. The van der Waals surface area contributed by atoms with Crippen LogP contribution in [-0.4, -0.2) is 28.0 Å². The molecule has 0 atom stereocenters. The molecule has 1 aliphatic heterocycles. The molecule has 1 aliphatic rings. The molecule has 0 aliphatic carbocycles. The minimum absolute atomic E-state index is 0.0940. The molecule has 1 aromatic rings. The Morgan fingerprint density at radius 1 is 1.69 bits per heavy atom. The minimum atomic E-state index is -0.784. The number of fused-ring (bicyclic) bond motifs is 1. The average molecular weight is 180 g/mol. The highest BCUT2D eigenvalue weighted by atomic mass is 16.4. The van der Waals surface area contributed by atoms with E-state index < -0.39 is 5.97 Å². The van der Waals surface area contributed by atoms with Crippen LogP contribution in [-0.2, 0) is 24.3 Å². The van der Waals surface area contributed by atoms with Crippen LogP contribution in [0.25, 0.3) is 0 Å². The molecule has 0 saturated heterocycles. The molecule has 0 saturated carbocycles. The van der Waals surface area contributed by atoms with Gasteiger partial charge in [0, 0.05) is 24.5 Å². The number of aromatic amines is 1. The molecule has 0 unspecified atom stereocenters. The van der Waals surface area contributed by atoms with Gasteiger partial charge in [-0.05, 0) is 18.7 Å². The molecule has 0 aromatic carbocycles. The van der Waals surface area contributed by atoms with Gasteiger partial charge >= 0.3 is 5.97 Å². The number of aromatic nitrogens is 1. The van der Waals surface area contributed by atoms with Crippen LogP contribution in [0.4, 0.5) is 0 Å². The topological polar surface area (TPSA) is 56.3 Å². The summed E-state index contributed by atoms with van der Waals surface area (Å²) in [7, 11) is 2.05. The Morgan fingerprint density at radius 2 is 2.46 bits per heavy atom. The van der Waals surface area contributed by atoms with Crippen LogP contribution in [0.1, 0.15) is 17.0 Å². The Kier molecular flexibility index (Phi) is 1.84. The summed E-state index contributed by atoms with van der Waals surface area (Å²) in [5.74, 6) is -0.784. The second-order valence-electron chi connectivity index (χ2n) is 3.54. The fourth-order valence-electron chi connectivity index (χ4n) is 1.76. The molecular weight excluding hydrogens is 168 g/mol. The van der Waals surface area contributed by atoms with Crippen molar-refractivity contribution >= 4 is 5.97 Å². The summed E-state index contributed by atoms with van der Waals surface area (Å²) in [6.45, 7) is 1.82. The van der Waals surface area contributed by atoms with Gasteiger partial charge < -0.3 is 10.1 Å². The first-order valence-corrected chi connectivity index (χ1v) is 4.25. The number of H-pyrrole nitrogens is 1. The van der Waals surface area contributed by atoms with Crippen molar-refractivity contribution in [3.63, 3.8) is 0 Å². The van der Waals surface area contributed by atoms with Gasteiger partial charge in [-0.1, -0.05) is 0 Å². The summed E-state index contributed by atoms with van der Waals surface area (Å²) in [4.78, 5) is 15.7. The van der Waals surface area contributed by atoms with Crippen LogP contribution in [0.5, 0.6) is 0 Å². The highest BCUT2D eigenvalue weighted by molar-refractivity contribution is 5.69. The van der Waals surface area contributed by atoms with Gasteiger partial charge in [0.2, 0.25) is 0 Å². The SMILES string of the molecule is CN1Cc2cc(CC(=O)O)[nH]c2C1. The van der Waals surface area contributed by atoms with Crippen molar-refractivity contribution in [1.82, 2.24) is 9.88 Å². The number of hydrogen-bond donors (Lipinski definition) is 2. The third-order valence-electron chi connectivity index (χ3n) is 2.26. The van der Waals surface area contributed by atoms with Crippen molar-refractivity contribution in [2.75, 3.05) is 7.05 Å². The van der Waals surface area contributed by atoms with Crippen LogP contribution >= 0.6 is 0 Å². The predicted octanol–water partition coefficient (Wildman–Crippen LogP) is 0.587. The Balaban J connectivity index is 2.17. The van der Waals surface area contributed by atoms with Gasteiger partial charge in [-0.25, -0.2) is 0 Å². The Morgan fingerprint density at radius 3 is 3.08 bits per heavy atom. The van der Waals surface area contributed by atoms with Crippen LogP contribution < -0.4 is 0 Å². The van der Waals surface area contributed by atoms with Gasteiger partial charge in [0.05, 0.1) is 6.42 Å². The van der Waals surface area contributed by atoms with Crippen LogP contribution in [0.2, 0.25) is 0 Å². The van der Waals surface area contributed by atoms with Gasteiger partial charge in [-0.2, -0.15) is 0 Å². The van der Waals surface area contributed by atoms with Gasteiger partial charge in [0.15, 0.2) is 0 Å². The third kappa shape index (κ3) is 1.58. The molecule has 70 valence electrons. The average Bonchev–Trinajstić information content (AvgIpc) is 2.41. The molecule has 2 rings (SSSR count). The second-order valence-corrected chi connectivity index (χ2v) is 3.54. The maximum Gasteiger partial charge on any atom is 0.309 e. The van der Waals surface area contributed by atoms with E-state index in [0.29, 0.717) is 0 Å². The molecule has 4 nitrogen and oxygen atoms in total. The molecule has 13 heavy (non-hydrogen) atoms. The number of carboxylic acid groups (broad SMARTS) is 1. The Bertz CT molecular complexity index is 320. The lowest BCUT2D eigenvalue weighted by molar-refractivity contribution is -0.136. The quantitative estimate of drug-likeness (QED) is 0.700. The normalized spacial score (nSPS) is 16.1. The van der Waals surface area contributed by atoms with Crippen molar-refractivity contribution in [3.05, 3.63) is 23.0 Å². The lowest BCUT2D eigenvalue weighted by Crippen LogP contribution is -2.09. The smallest absolute Gasteiger partial charge is 0.309 e. The van der Waals surface area contributed by atoms with E-state index in [1.54, 1.807) is 0 Å². The van der Waals surface area contributed by atoms with Gasteiger partial charge in [0.1, 0.15) is 0 Å². The van der Waals surface area contributed by atoms with E-state index in [-0.39, 0.29) is 6.42 Å². The highest BCUT2D eigenvalue weighted by Crippen LogP contribution is 2.21. The minimum Gasteiger partial charge on any atom is -0.481 e. The number of carboxylic acids is 1. The standard InChI is InChI=1S/C9H12N2O2/c1-11-4-6-2-7(3-9(12)13)10-8(6)5-11/h2,10H,3-5H2,1H3,(H,12,13). The molecule has 0 spiro atoms. The van der Waals surface area contributed by atoms with Crippen molar-refractivity contribution in [1.29, 1.82) is 0 Å². The Hall–Kier alpha value is -1.29. The highest BCUT2D eigenvalue weighted by Gasteiger charge is 2.18. The van der Waals surface area contributed by atoms with E-state index in [0.717, 1.165) is 18.8 Å². The molecule has 2 N–H and O–H groups in total. The summed E-state index contributed by atoms with van der Waals surface area (Å²) in [5, 5.41) is 8.58. The summed E-state index contributed by atoms with van der Waals surface area (Å²) < 4.78 is 0. The third-order valence-corrected chi connectivity index (χ3v) is 2.26. The number of carbonyl (C=O) groups is 1. The second kappa shape index (κ2) is 2.88. The van der Waals surface area contributed by atoms with Crippen molar-refractivity contribution in [2.45, 2.75) is 19.5 Å². The van der Waals surface area contributed by atoms with Crippen LogP contribution in [0.3, 0.4) is 0 Å². The summed E-state index contributed by atoms with van der Waals surface area (Å²) in [6.07, 6.45) is 0.0940. The van der Waals surface area contributed by atoms with Gasteiger partial charge in [-0.15, -0.1) is 0 Å².